The molecule has 2 aromatic carbocycles. The molecule has 4 rings (SSSR count). The molecule has 29 heteroatoms. The lowest BCUT2D eigenvalue weighted by Gasteiger charge is -2.18. The summed E-state index contributed by atoms with van der Waals surface area (Å²) in [5, 5.41) is 6.14. The normalized spacial score (nSPS) is 11.7. The number of benzene rings is 2. The Morgan fingerprint density at radius 1 is 0.563 bits per heavy atom. The molecular formula is C42H59Cl2N11O13S3. The van der Waals surface area contributed by atoms with Crippen LogP contribution in [0.1, 0.15) is 33.4 Å². The summed E-state index contributed by atoms with van der Waals surface area (Å²) < 4.78 is 101. The number of aromatic nitrogens is 2. The van der Waals surface area contributed by atoms with E-state index >= 15 is 0 Å². The minimum atomic E-state index is -3.91. The fourth-order valence-corrected chi connectivity index (χ4v) is 7.89. The molecule has 0 aliphatic carbocycles. The zero-order valence-electron chi connectivity index (χ0n) is 40.7. The van der Waals surface area contributed by atoms with Crippen molar-refractivity contribution in [2.75, 3.05) is 76.1 Å². The van der Waals surface area contributed by atoms with Crippen molar-refractivity contribution in [2.24, 2.45) is 5.73 Å². The Bertz CT molecular complexity index is 2710. The molecule has 3 amide bonds. The standard InChI is InChI=1S/C38H48Cl2N8O10S2.C4H11N3O3S/c1-23-25(21-57-37-31(39)15-27(35(43-37)55-7)17-41-19-33(49)45-59(51,52)47(3)4)11-9-13-29(23)30-14-10-12-26(24(30)2)22-58-38-32(40)16-28(36(44-38)56-8)18-42-20-34(50)46-60(53,54)48(5)6;1-7(2)11(9,10)6-4(8)3-5/h9-16,41-42H,17-22H2,1-8H3,(H,45,49)(H,46,50);3,5H2,1-2H3,(H,6,8). The highest BCUT2D eigenvalue weighted by atomic mass is 35.5. The highest BCUT2D eigenvalue weighted by molar-refractivity contribution is 7.88. The predicted octanol–water partition coefficient (Wildman–Crippen LogP) is 1.13. The second-order valence-electron chi connectivity index (χ2n) is 15.5. The molecule has 0 fully saturated rings. The number of carbonyl (C=O) groups excluding carboxylic acids is 3. The summed E-state index contributed by atoms with van der Waals surface area (Å²) in [5.41, 5.74) is 11.6. The van der Waals surface area contributed by atoms with E-state index in [1.807, 2.05) is 59.7 Å². The van der Waals surface area contributed by atoms with Gasteiger partial charge in [-0.15, -0.1) is 0 Å². The Morgan fingerprint density at radius 3 is 1.21 bits per heavy atom. The van der Waals surface area contributed by atoms with Gasteiger partial charge in [0.2, 0.25) is 41.2 Å². The van der Waals surface area contributed by atoms with Crippen molar-refractivity contribution in [3.8, 4) is 34.6 Å². The van der Waals surface area contributed by atoms with Gasteiger partial charge < -0.3 is 35.3 Å². The van der Waals surface area contributed by atoms with E-state index in [4.69, 9.17) is 47.9 Å². The van der Waals surface area contributed by atoms with Crippen LogP contribution in [0.2, 0.25) is 10.0 Å². The molecule has 0 aliphatic rings. The number of rotatable bonds is 24. The van der Waals surface area contributed by atoms with E-state index in [0.29, 0.717) is 11.1 Å². The summed E-state index contributed by atoms with van der Waals surface area (Å²) in [5.74, 6) is -1.50. The summed E-state index contributed by atoms with van der Waals surface area (Å²) in [6, 6.07) is 15.0. The van der Waals surface area contributed by atoms with Crippen LogP contribution in [0.3, 0.4) is 0 Å². The van der Waals surface area contributed by atoms with Crippen LogP contribution < -0.4 is 49.5 Å². The molecule has 4 aromatic rings. The lowest BCUT2D eigenvalue weighted by Crippen LogP contribution is -2.43. The van der Waals surface area contributed by atoms with E-state index in [-0.39, 0.29) is 79.5 Å². The number of amides is 3. The van der Waals surface area contributed by atoms with Gasteiger partial charge in [-0.05, 0) is 59.4 Å². The molecule has 71 heavy (non-hydrogen) atoms. The number of hydrogen-bond donors (Lipinski definition) is 6. The first-order chi connectivity index (χ1) is 33.2. The van der Waals surface area contributed by atoms with E-state index in [1.165, 1.54) is 56.5 Å². The fourth-order valence-electron chi connectivity index (χ4n) is 5.79. The number of ether oxygens (including phenoxy) is 4. The zero-order valence-corrected chi connectivity index (χ0v) is 44.6. The third-order valence-electron chi connectivity index (χ3n) is 9.82. The van der Waals surface area contributed by atoms with Crippen LogP contribution >= 0.6 is 23.2 Å². The topological polar surface area (TPSA) is 312 Å². The van der Waals surface area contributed by atoms with Gasteiger partial charge in [0, 0.05) is 66.5 Å². The maximum Gasteiger partial charge on any atom is 0.303 e. The van der Waals surface area contributed by atoms with Crippen molar-refractivity contribution in [1.29, 1.82) is 0 Å². The van der Waals surface area contributed by atoms with Crippen molar-refractivity contribution in [1.82, 2.24) is 47.7 Å². The molecule has 0 saturated heterocycles. The Kier molecular flexibility index (Phi) is 22.6. The summed E-state index contributed by atoms with van der Waals surface area (Å²) in [4.78, 5) is 43.6. The highest BCUT2D eigenvalue weighted by Crippen LogP contribution is 2.34. The minimum Gasteiger partial charge on any atom is -0.481 e. The van der Waals surface area contributed by atoms with Gasteiger partial charge in [0.15, 0.2) is 0 Å². The highest BCUT2D eigenvalue weighted by Gasteiger charge is 2.21. The largest absolute Gasteiger partial charge is 0.481 e. The lowest BCUT2D eigenvalue weighted by molar-refractivity contribution is -0.119. The van der Waals surface area contributed by atoms with Crippen LogP contribution in [0.4, 0.5) is 0 Å². The Hall–Kier alpha value is -5.46. The van der Waals surface area contributed by atoms with Gasteiger partial charge in [-0.25, -0.2) is 14.2 Å². The first-order valence-corrected chi connectivity index (χ1v) is 26.0. The summed E-state index contributed by atoms with van der Waals surface area (Å²) in [6.45, 7) is 3.56. The number of nitrogens with zero attached hydrogens (tertiary/aromatic N) is 5. The maximum absolute atomic E-state index is 12.1. The van der Waals surface area contributed by atoms with Gasteiger partial charge >= 0.3 is 30.6 Å². The van der Waals surface area contributed by atoms with Crippen molar-refractivity contribution in [3.63, 3.8) is 0 Å². The number of carbonyl (C=O) groups is 3. The van der Waals surface area contributed by atoms with Gasteiger partial charge in [-0.2, -0.15) is 48.1 Å². The second kappa shape index (κ2) is 26.8. The molecule has 0 atom stereocenters. The summed E-state index contributed by atoms with van der Waals surface area (Å²) in [7, 11) is -0.758. The summed E-state index contributed by atoms with van der Waals surface area (Å²) >= 11 is 13.1. The lowest BCUT2D eigenvalue weighted by atomic mass is 9.92. The third kappa shape index (κ3) is 17.7. The van der Waals surface area contributed by atoms with Gasteiger partial charge in [-0.1, -0.05) is 59.6 Å². The number of pyridine rings is 2. The van der Waals surface area contributed by atoms with Crippen LogP contribution in [-0.4, -0.2) is 142 Å². The van der Waals surface area contributed by atoms with Crippen molar-refractivity contribution in [2.45, 2.75) is 40.2 Å². The molecule has 0 aliphatic heterocycles. The molecule has 7 N–H and O–H groups in total. The van der Waals surface area contributed by atoms with E-state index in [0.717, 1.165) is 46.3 Å². The molecule has 392 valence electrons. The van der Waals surface area contributed by atoms with E-state index in [1.54, 1.807) is 16.9 Å². The minimum absolute atomic E-state index is 0.108. The van der Waals surface area contributed by atoms with Crippen LogP contribution in [0.15, 0.2) is 48.5 Å². The van der Waals surface area contributed by atoms with Gasteiger partial charge in [0.1, 0.15) is 23.3 Å². The van der Waals surface area contributed by atoms with E-state index in [2.05, 4.69) is 20.6 Å². The third-order valence-corrected chi connectivity index (χ3v) is 14.7. The molecular weight excluding hydrogens is 1030 g/mol. The molecule has 0 saturated carbocycles. The molecule has 0 unspecified atom stereocenters. The van der Waals surface area contributed by atoms with Gasteiger partial charge in [0.25, 0.3) is 0 Å². The molecule has 0 radical (unpaired) electrons. The van der Waals surface area contributed by atoms with Crippen LogP contribution in [0.5, 0.6) is 23.5 Å². The average Bonchev–Trinajstić information content (AvgIpc) is 3.29. The van der Waals surface area contributed by atoms with Crippen LogP contribution in [-0.2, 0) is 71.3 Å². The molecule has 2 heterocycles. The number of hydrogen-bond acceptors (Lipinski definition) is 18. The first kappa shape index (κ1) is 59.8. The predicted molar refractivity (Wildman–Crippen MR) is 266 cm³/mol. The van der Waals surface area contributed by atoms with Gasteiger partial charge in [-0.3, -0.25) is 14.4 Å². The SMILES string of the molecule is CN(C)S(=O)(=O)NC(=O)CN.COc1nc(OCc2cccc(-c3cccc(COc4nc(OC)c(CNCC(=O)NS(=O)(=O)N(C)C)cc4Cl)c3C)c2C)c(Cl)cc1CNCC(=O)NS(=O)(=O)N(C)C. The first-order valence-electron chi connectivity index (χ1n) is 20.9. The van der Waals surface area contributed by atoms with Crippen molar-refractivity contribution >= 4 is 71.6 Å². The Labute approximate surface area is 424 Å². The molecule has 0 bridgehead atoms. The molecule has 0 spiro atoms. The monoisotopic (exact) mass is 1090 g/mol. The van der Waals surface area contributed by atoms with E-state index < -0.39 is 48.3 Å². The van der Waals surface area contributed by atoms with Crippen LogP contribution in [0.25, 0.3) is 11.1 Å². The maximum atomic E-state index is 12.1. The van der Waals surface area contributed by atoms with Gasteiger partial charge in [0.05, 0.1) is 33.9 Å². The van der Waals surface area contributed by atoms with Crippen molar-refractivity contribution in [3.05, 3.63) is 92.0 Å². The second-order valence-corrected chi connectivity index (χ2v) is 22.0. The van der Waals surface area contributed by atoms with E-state index in [9.17, 15) is 39.6 Å². The number of halogens is 2. The summed E-state index contributed by atoms with van der Waals surface area (Å²) in [6.07, 6.45) is 0. The Morgan fingerprint density at radius 2 is 0.901 bits per heavy atom. The quantitative estimate of drug-likeness (QED) is 0.0573. The van der Waals surface area contributed by atoms with Crippen molar-refractivity contribution < 1.29 is 58.6 Å². The fraction of sp³-hybridized carbons (Fsp3) is 0.405. The number of nitrogens with two attached hydrogens (primary N) is 1. The average molecular weight is 1090 g/mol. The van der Waals surface area contributed by atoms with Crippen LogP contribution in [0, 0.1) is 13.8 Å². The Balaban J connectivity index is 0.00000108. The molecule has 24 nitrogen and oxygen atoms in total. The molecule has 2 aromatic heterocycles. The zero-order chi connectivity index (χ0) is 53.4. The smallest absolute Gasteiger partial charge is 0.303 e. The number of nitrogens with one attached hydrogen (secondary N) is 5. The number of methoxy groups -OCH3 is 2.